The molecule has 0 spiro atoms. The van der Waals surface area contributed by atoms with Crippen molar-refractivity contribution < 1.29 is 14.3 Å². The minimum Gasteiger partial charge on any atom is -0.467 e. The van der Waals surface area contributed by atoms with Crippen LogP contribution >= 0.6 is 11.8 Å². The summed E-state index contributed by atoms with van der Waals surface area (Å²) in [4.78, 5) is 26.0. The van der Waals surface area contributed by atoms with Crippen molar-refractivity contribution in [3.8, 4) is 0 Å². The summed E-state index contributed by atoms with van der Waals surface area (Å²) in [5.74, 6) is 0.950. The number of amides is 1. The van der Waals surface area contributed by atoms with Crippen LogP contribution in [0.1, 0.15) is 38.5 Å². The van der Waals surface area contributed by atoms with Crippen LogP contribution < -0.4 is 0 Å². The number of thioether (sulfide) groups is 1. The zero-order valence-electron chi connectivity index (χ0n) is 10.9. The van der Waals surface area contributed by atoms with Gasteiger partial charge in [-0.05, 0) is 37.9 Å². The first-order valence-electron chi connectivity index (χ1n) is 6.74. The van der Waals surface area contributed by atoms with Gasteiger partial charge in [-0.2, -0.15) is 0 Å². The highest BCUT2D eigenvalue weighted by atomic mass is 32.2. The van der Waals surface area contributed by atoms with E-state index in [4.69, 9.17) is 4.74 Å². The SMILES string of the molecule is COC(=O)C1CCCCN1C(=O)C1CCCCS1. The fraction of sp³-hybridized carbons (Fsp3) is 0.846. The molecule has 0 radical (unpaired) electrons. The normalized spacial score (nSPS) is 28.8. The van der Waals surface area contributed by atoms with Crippen LogP contribution in [0.4, 0.5) is 0 Å². The van der Waals surface area contributed by atoms with Gasteiger partial charge < -0.3 is 9.64 Å². The van der Waals surface area contributed by atoms with Gasteiger partial charge in [0.25, 0.3) is 0 Å². The molecule has 4 nitrogen and oxygen atoms in total. The third-order valence-electron chi connectivity index (χ3n) is 3.71. The Morgan fingerprint density at radius 2 is 1.94 bits per heavy atom. The number of hydrogen-bond donors (Lipinski definition) is 0. The number of hydrogen-bond acceptors (Lipinski definition) is 4. The summed E-state index contributed by atoms with van der Waals surface area (Å²) in [6.07, 6.45) is 6.02. The van der Waals surface area contributed by atoms with Gasteiger partial charge in [-0.3, -0.25) is 4.79 Å². The number of nitrogens with zero attached hydrogens (tertiary/aromatic N) is 1. The number of ether oxygens (including phenoxy) is 1. The molecule has 0 aromatic heterocycles. The summed E-state index contributed by atoms with van der Waals surface area (Å²) in [6.45, 7) is 0.704. The lowest BCUT2D eigenvalue weighted by molar-refractivity contribution is -0.154. The van der Waals surface area contributed by atoms with Gasteiger partial charge in [0.05, 0.1) is 12.4 Å². The quantitative estimate of drug-likeness (QED) is 0.719. The smallest absolute Gasteiger partial charge is 0.328 e. The zero-order valence-corrected chi connectivity index (χ0v) is 11.7. The fourth-order valence-corrected chi connectivity index (χ4v) is 3.96. The van der Waals surface area contributed by atoms with Gasteiger partial charge in [0.2, 0.25) is 5.91 Å². The molecule has 0 saturated carbocycles. The lowest BCUT2D eigenvalue weighted by Gasteiger charge is -2.36. The van der Waals surface area contributed by atoms with Gasteiger partial charge in [-0.25, -0.2) is 4.79 Å². The van der Waals surface area contributed by atoms with E-state index in [0.717, 1.165) is 37.9 Å². The van der Waals surface area contributed by atoms with Gasteiger partial charge in [-0.1, -0.05) is 6.42 Å². The Balaban J connectivity index is 2.03. The molecule has 2 atom stereocenters. The number of methoxy groups -OCH3 is 1. The maximum atomic E-state index is 12.5. The summed E-state index contributed by atoms with van der Waals surface area (Å²) >= 11 is 1.74. The highest BCUT2D eigenvalue weighted by Crippen LogP contribution is 2.29. The van der Waals surface area contributed by atoms with Crippen molar-refractivity contribution in [1.82, 2.24) is 4.90 Å². The molecule has 2 saturated heterocycles. The lowest BCUT2D eigenvalue weighted by atomic mass is 10.0. The predicted molar refractivity (Wildman–Crippen MR) is 71.5 cm³/mol. The van der Waals surface area contributed by atoms with Gasteiger partial charge in [0.15, 0.2) is 0 Å². The Hall–Kier alpha value is -0.710. The minimum absolute atomic E-state index is 0.0593. The third-order valence-corrected chi connectivity index (χ3v) is 5.08. The van der Waals surface area contributed by atoms with Crippen molar-refractivity contribution in [2.24, 2.45) is 0 Å². The number of rotatable bonds is 2. The van der Waals surface area contributed by atoms with Gasteiger partial charge in [0, 0.05) is 6.54 Å². The molecule has 0 N–H and O–H groups in total. The Morgan fingerprint density at radius 3 is 2.61 bits per heavy atom. The predicted octanol–water partition coefficient (Wildman–Crippen LogP) is 1.83. The fourth-order valence-electron chi connectivity index (χ4n) is 2.70. The molecular weight excluding hydrogens is 250 g/mol. The molecule has 0 bridgehead atoms. The van der Waals surface area contributed by atoms with Gasteiger partial charge >= 0.3 is 5.97 Å². The Morgan fingerprint density at radius 1 is 1.17 bits per heavy atom. The summed E-state index contributed by atoms with van der Waals surface area (Å²) < 4.78 is 4.82. The standard InChI is InChI=1S/C13H21NO3S/c1-17-13(16)10-6-2-4-8-14(10)12(15)11-7-3-5-9-18-11/h10-11H,2-9H2,1H3. The average Bonchev–Trinajstić information content (AvgIpc) is 2.46. The van der Waals surface area contributed by atoms with Gasteiger partial charge in [-0.15, -0.1) is 11.8 Å². The Kier molecular flexibility index (Phi) is 4.92. The van der Waals surface area contributed by atoms with Crippen LogP contribution in [-0.4, -0.2) is 47.5 Å². The summed E-state index contributed by atoms with van der Waals surface area (Å²) in [5.41, 5.74) is 0. The highest BCUT2D eigenvalue weighted by molar-refractivity contribution is 8.00. The average molecular weight is 271 g/mol. The van der Waals surface area contributed by atoms with Crippen molar-refractivity contribution in [2.75, 3.05) is 19.4 Å². The second-order valence-electron chi connectivity index (χ2n) is 4.92. The first-order chi connectivity index (χ1) is 8.74. The van der Waals surface area contributed by atoms with E-state index in [1.165, 1.54) is 13.5 Å². The van der Waals surface area contributed by atoms with Crippen LogP contribution in [0.25, 0.3) is 0 Å². The van der Waals surface area contributed by atoms with Crippen LogP contribution in [0, 0.1) is 0 Å². The van der Waals surface area contributed by atoms with E-state index in [-0.39, 0.29) is 23.2 Å². The lowest BCUT2D eigenvalue weighted by Crippen LogP contribution is -2.51. The first-order valence-corrected chi connectivity index (χ1v) is 7.79. The Bertz CT molecular complexity index is 315. The highest BCUT2D eigenvalue weighted by Gasteiger charge is 2.36. The molecule has 18 heavy (non-hydrogen) atoms. The molecule has 2 rings (SSSR count). The number of esters is 1. The molecule has 2 unspecified atom stereocenters. The van der Waals surface area contributed by atoms with E-state index in [0.29, 0.717) is 6.54 Å². The molecule has 102 valence electrons. The van der Waals surface area contributed by atoms with E-state index in [1.807, 2.05) is 0 Å². The minimum atomic E-state index is -0.348. The van der Waals surface area contributed by atoms with E-state index < -0.39 is 0 Å². The van der Waals surface area contributed by atoms with Gasteiger partial charge in [0.1, 0.15) is 6.04 Å². The summed E-state index contributed by atoms with van der Waals surface area (Å²) in [6, 6.07) is -0.348. The number of piperidine rings is 1. The summed E-state index contributed by atoms with van der Waals surface area (Å²) in [7, 11) is 1.40. The molecule has 2 aliphatic heterocycles. The monoisotopic (exact) mass is 271 g/mol. The van der Waals surface area contributed by atoms with Crippen molar-refractivity contribution >= 4 is 23.6 Å². The molecular formula is C13H21NO3S. The number of likely N-dealkylation sites (tertiary alicyclic amines) is 1. The van der Waals surface area contributed by atoms with E-state index >= 15 is 0 Å². The first kappa shape index (κ1) is 13.7. The molecule has 1 amide bonds. The van der Waals surface area contributed by atoms with Crippen LogP contribution in [0.3, 0.4) is 0 Å². The van der Waals surface area contributed by atoms with Crippen molar-refractivity contribution in [1.29, 1.82) is 0 Å². The van der Waals surface area contributed by atoms with E-state index in [9.17, 15) is 9.59 Å². The van der Waals surface area contributed by atoms with E-state index in [2.05, 4.69) is 0 Å². The topological polar surface area (TPSA) is 46.6 Å². The van der Waals surface area contributed by atoms with Crippen LogP contribution in [-0.2, 0) is 14.3 Å². The second-order valence-corrected chi connectivity index (χ2v) is 6.23. The molecule has 2 aliphatic rings. The Labute approximate surface area is 112 Å². The van der Waals surface area contributed by atoms with Crippen LogP contribution in [0.2, 0.25) is 0 Å². The summed E-state index contributed by atoms with van der Waals surface area (Å²) in [5, 5.41) is 0.0593. The maximum Gasteiger partial charge on any atom is 0.328 e. The van der Waals surface area contributed by atoms with Crippen molar-refractivity contribution in [3.05, 3.63) is 0 Å². The third kappa shape index (κ3) is 2.99. The molecule has 0 aromatic rings. The largest absolute Gasteiger partial charge is 0.467 e. The second kappa shape index (κ2) is 6.45. The molecule has 2 heterocycles. The van der Waals surface area contributed by atoms with Crippen molar-refractivity contribution in [3.63, 3.8) is 0 Å². The van der Waals surface area contributed by atoms with Crippen molar-refractivity contribution in [2.45, 2.75) is 49.8 Å². The molecule has 0 aromatic carbocycles. The zero-order chi connectivity index (χ0) is 13.0. The van der Waals surface area contributed by atoms with Crippen LogP contribution in [0.5, 0.6) is 0 Å². The number of carbonyl (C=O) groups is 2. The van der Waals surface area contributed by atoms with Crippen LogP contribution in [0.15, 0.2) is 0 Å². The maximum absolute atomic E-state index is 12.5. The molecule has 2 fully saturated rings. The molecule has 0 aliphatic carbocycles. The molecule has 5 heteroatoms. The number of carbonyl (C=O) groups excluding carboxylic acids is 2. The van der Waals surface area contributed by atoms with E-state index in [1.54, 1.807) is 16.7 Å².